The van der Waals surface area contributed by atoms with E-state index in [-0.39, 0.29) is 48.3 Å². The second kappa shape index (κ2) is 8.93. The van der Waals surface area contributed by atoms with Crippen LogP contribution in [0, 0.1) is 0 Å². The summed E-state index contributed by atoms with van der Waals surface area (Å²) in [4.78, 5) is 40.1. The second-order valence-electron chi connectivity index (χ2n) is 6.76. The molecule has 0 N–H and O–H groups in total. The highest BCUT2D eigenvalue weighted by atomic mass is 35.5. The first kappa shape index (κ1) is 22.9. The molecule has 0 spiro atoms. The van der Waals surface area contributed by atoms with Gasteiger partial charge in [0.25, 0.3) is 17.7 Å². The number of rotatable bonds is 4. The molecule has 0 fully saturated rings. The minimum Gasteiger partial charge on any atom is -0.267 e. The van der Waals surface area contributed by atoms with Crippen LogP contribution in [0.25, 0.3) is 0 Å². The number of hydrogen-bond acceptors (Lipinski definition) is 3. The van der Waals surface area contributed by atoms with E-state index in [4.69, 9.17) is 58.0 Å². The Balaban J connectivity index is 1.86. The van der Waals surface area contributed by atoms with Gasteiger partial charge in [0.15, 0.2) is 0 Å². The van der Waals surface area contributed by atoms with Crippen LogP contribution < -0.4 is 0 Å². The number of hydrogen-bond donors (Lipinski definition) is 0. The first-order valence-corrected chi connectivity index (χ1v) is 11.0. The lowest BCUT2D eigenvalue weighted by Crippen LogP contribution is -2.49. The highest BCUT2D eigenvalue weighted by Gasteiger charge is 2.46. The van der Waals surface area contributed by atoms with E-state index < -0.39 is 17.7 Å². The highest BCUT2D eigenvalue weighted by Crippen LogP contribution is 2.45. The van der Waals surface area contributed by atoms with Crippen LogP contribution in [-0.2, 0) is 6.54 Å². The molecule has 10 heteroatoms. The predicted molar refractivity (Wildman–Crippen MR) is 125 cm³/mol. The SMILES string of the molecule is O=C(c1ccccc1Cl)N(Cc1ccccc1)N1C(=O)c2c(Cl)c(Cl)c(Cl)c(Cl)c2C1=O. The normalized spacial score (nSPS) is 12.8. The smallest absolute Gasteiger partial charge is 0.267 e. The summed E-state index contributed by atoms with van der Waals surface area (Å²) in [7, 11) is 0. The van der Waals surface area contributed by atoms with E-state index in [1.165, 1.54) is 12.1 Å². The van der Waals surface area contributed by atoms with Crippen molar-refractivity contribution in [2.75, 3.05) is 0 Å². The lowest BCUT2D eigenvalue weighted by Gasteiger charge is -2.30. The fourth-order valence-electron chi connectivity index (χ4n) is 3.32. The van der Waals surface area contributed by atoms with Gasteiger partial charge in [0.05, 0.1) is 48.3 Å². The Bertz CT molecular complexity index is 1230. The molecule has 0 bridgehead atoms. The average Bonchev–Trinajstić information content (AvgIpc) is 3.05. The summed E-state index contributed by atoms with van der Waals surface area (Å²) in [5.41, 5.74) is 0.329. The van der Waals surface area contributed by atoms with E-state index in [2.05, 4.69) is 0 Å². The van der Waals surface area contributed by atoms with Crippen molar-refractivity contribution in [3.8, 4) is 0 Å². The standard InChI is InChI=1S/C22H11Cl5N2O3/c23-13-9-5-4-8-12(13)20(30)28(10-11-6-2-1-3-7-11)29-21(31)14-15(22(29)32)17(25)19(27)18(26)16(14)24/h1-9H,10H2. The molecule has 1 aliphatic rings. The van der Waals surface area contributed by atoms with Crippen LogP contribution in [0.15, 0.2) is 54.6 Å². The maximum atomic E-state index is 13.5. The zero-order valence-corrected chi connectivity index (χ0v) is 19.7. The highest BCUT2D eigenvalue weighted by molar-refractivity contribution is 6.55. The molecule has 0 aromatic heterocycles. The molecule has 4 rings (SSSR count). The lowest BCUT2D eigenvalue weighted by molar-refractivity contribution is 0.000885. The van der Waals surface area contributed by atoms with Crippen molar-refractivity contribution in [3.63, 3.8) is 0 Å². The molecule has 0 aliphatic carbocycles. The Labute approximate surface area is 207 Å². The Morgan fingerprint density at radius 3 is 1.75 bits per heavy atom. The average molecular weight is 529 g/mol. The van der Waals surface area contributed by atoms with Crippen molar-refractivity contribution in [2.24, 2.45) is 0 Å². The van der Waals surface area contributed by atoms with Crippen LogP contribution >= 0.6 is 58.0 Å². The zero-order valence-electron chi connectivity index (χ0n) is 15.9. The molecular weight excluding hydrogens is 518 g/mol. The minimum atomic E-state index is -0.855. The van der Waals surface area contributed by atoms with E-state index in [1.54, 1.807) is 42.5 Å². The van der Waals surface area contributed by atoms with Gasteiger partial charge >= 0.3 is 0 Å². The fraction of sp³-hybridized carbons (Fsp3) is 0.0455. The van der Waals surface area contributed by atoms with Gasteiger partial charge in [-0.15, -0.1) is 0 Å². The number of benzene rings is 3. The molecular formula is C22H11Cl5N2O3. The minimum absolute atomic E-state index is 0.104. The number of nitrogens with zero attached hydrogens (tertiary/aromatic N) is 2. The largest absolute Gasteiger partial charge is 0.282 e. The van der Waals surface area contributed by atoms with Crippen LogP contribution in [0.1, 0.15) is 36.6 Å². The number of halogens is 5. The van der Waals surface area contributed by atoms with E-state index in [9.17, 15) is 14.4 Å². The molecule has 3 amide bonds. The van der Waals surface area contributed by atoms with Gasteiger partial charge in [0.1, 0.15) is 0 Å². The summed E-state index contributed by atoms with van der Waals surface area (Å²) in [6, 6.07) is 15.1. The molecule has 162 valence electrons. The van der Waals surface area contributed by atoms with Crippen LogP contribution in [0.4, 0.5) is 0 Å². The summed E-state index contributed by atoms with van der Waals surface area (Å²) in [6.07, 6.45) is 0. The van der Waals surface area contributed by atoms with Gasteiger partial charge in [-0.3, -0.25) is 14.4 Å². The molecule has 0 atom stereocenters. The van der Waals surface area contributed by atoms with Crippen LogP contribution in [0.3, 0.4) is 0 Å². The topological polar surface area (TPSA) is 57.7 Å². The van der Waals surface area contributed by atoms with Crippen molar-refractivity contribution in [1.29, 1.82) is 0 Å². The van der Waals surface area contributed by atoms with Gasteiger partial charge in [0.2, 0.25) is 0 Å². The van der Waals surface area contributed by atoms with Gasteiger partial charge in [0, 0.05) is 0 Å². The number of amides is 3. The molecule has 0 unspecified atom stereocenters. The number of carbonyl (C=O) groups is 3. The number of carbonyl (C=O) groups excluding carboxylic acids is 3. The first-order valence-electron chi connectivity index (χ1n) is 9.09. The molecule has 3 aromatic carbocycles. The quantitative estimate of drug-likeness (QED) is 0.212. The maximum Gasteiger partial charge on any atom is 0.282 e. The van der Waals surface area contributed by atoms with Crippen molar-refractivity contribution in [3.05, 3.63) is 102 Å². The first-order chi connectivity index (χ1) is 15.2. The van der Waals surface area contributed by atoms with Crippen molar-refractivity contribution < 1.29 is 14.4 Å². The maximum absolute atomic E-state index is 13.5. The summed E-state index contributed by atoms with van der Waals surface area (Å²) < 4.78 is 0. The van der Waals surface area contributed by atoms with E-state index in [1.807, 2.05) is 0 Å². The van der Waals surface area contributed by atoms with Crippen LogP contribution in [0.2, 0.25) is 25.1 Å². The zero-order chi connectivity index (χ0) is 23.2. The molecule has 0 saturated carbocycles. The molecule has 5 nitrogen and oxygen atoms in total. The van der Waals surface area contributed by atoms with Gasteiger partial charge in [-0.1, -0.05) is 100 Å². The summed E-state index contributed by atoms with van der Waals surface area (Å²) in [5, 5.41) is 1.08. The lowest BCUT2D eigenvalue weighted by atomic mass is 10.1. The third-order valence-corrected chi connectivity index (χ3v) is 6.97. The van der Waals surface area contributed by atoms with E-state index in [0.29, 0.717) is 10.6 Å². The van der Waals surface area contributed by atoms with E-state index >= 15 is 0 Å². The fourth-order valence-corrected chi connectivity index (χ4v) is 4.55. The number of fused-ring (bicyclic) bond motifs is 1. The molecule has 1 heterocycles. The molecule has 3 aromatic rings. The molecule has 0 saturated heterocycles. The van der Waals surface area contributed by atoms with Crippen LogP contribution in [0.5, 0.6) is 0 Å². The Hall–Kier alpha value is -2.28. The van der Waals surface area contributed by atoms with Crippen molar-refractivity contribution in [1.82, 2.24) is 10.0 Å². The molecule has 32 heavy (non-hydrogen) atoms. The number of hydrazine groups is 1. The third-order valence-electron chi connectivity index (χ3n) is 4.83. The molecule has 1 aliphatic heterocycles. The second-order valence-corrected chi connectivity index (χ2v) is 8.68. The Kier molecular flexibility index (Phi) is 6.39. The predicted octanol–water partition coefficient (Wildman–Crippen LogP) is 6.81. The van der Waals surface area contributed by atoms with Gasteiger partial charge in [-0.25, -0.2) is 5.01 Å². The molecule has 0 radical (unpaired) electrons. The summed E-state index contributed by atoms with van der Waals surface area (Å²) in [6.45, 7) is -0.104. The Morgan fingerprint density at radius 2 is 1.22 bits per heavy atom. The van der Waals surface area contributed by atoms with E-state index in [0.717, 1.165) is 5.01 Å². The van der Waals surface area contributed by atoms with Crippen molar-refractivity contribution in [2.45, 2.75) is 6.54 Å². The van der Waals surface area contributed by atoms with Gasteiger partial charge in [-0.05, 0) is 17.7 Å². The van der Waals surface area contributed by atoms with Crippen LogP contribution in [-0.4, -0.2) is 27.7 Å². The Morgan fingerprint density at radius 1 is 0.719 bits per heavy atom. The number of imide groups is 1. The van der Waals surface area contributed by atoms with Gasteiger partial charge in [-0.2, -0.15) is 5.01 Å². The van der Waals surface area contributed by atoms with Gasteiger partial charge < -0.3 is 0 Å². The summed E-state index contributed by atoms with van der Waals surface area (Å²) in [5.74, 6) is -2.38. The summed E-state index contributed by atoms with van der Waals surface area (Å²) >= 11 is 30.8. The third kappa shape index (κ3) is 3.74. The van der Waals surface area contributed by atoms with Crippen molar-refractivity contribution >= 4 is 75.7 Å². The monoisotopic (exact) mass is 526 g/mol.